The lowest BCUT2D eigenvalue weighted by atomic mass is 10.0. The van der Waals surface area contributed by atoms with E-state index >= 15 is 0 Å². The average molecular weight is 399 g/mol. The van der Waals surface area contributed by atoms with Gasteiger partial charge in [0, 0.05) is 5.69 Å². The molecule has 0 spiro atoms. The van der Waals surface area contributed by atoms with Crippen LogP contribution < -0.4 is 9.94 Å². The molecule has 26 heavy (non-hydrogen) atoms. The normalized spacial score (nSPS) is 33.0. The van der Waals surface area contributed by atoms with Crippen molar-refractivity contribution in [2.45, 2.75) is 37.1 Å². The molecule has 1 saturated heterocycles. The van der Waals surface area contributed by atoms with Gasteiger partial charge in [-0.1, -0.05) is 23.8 Å². The smallest absolute Gasteiger partial charge is 0.266 e. The van der Waals surface area contributed by atoms with Gasteiger partial charge < -0.3 is 30.3 Å². The van der Waals surface area contributed by atoms with Crippen LogP contribution in [0.3, 0.4) is 0 Å². The van der Waals surface area contributed by atoms with E-state index in [2.05, 4.69) is 5.32 Å². The summed E-state index contributed by atoms with van der Waals surface area (Å²) in [6.07, 6.45) is -5.81. The van der Waals surface area contributed by atoms with E-state index in [0.29, 0.717) is 10.3 Å². The van der Waals surface area contributed by atoms with Crippen LogP contribution in [-0.2, 0) is 9.09 Å². The molecule has 1 aliphatic rings. The second-order valence-corrected chi connectivity index (χ2v) is 10.00. The predicted molar refractivity (Wildman–Crippen MR) is 100 cm³/mol. The van der Waals surface area contributed by atoms with Gasteiger partial charge in [-0.25, -0.2) is 0 Å². The molecule has 0 saturated carbocycles. The van der Waals surface area contributed by atoms with Gasteiger partial charge in [-0.15, -0.1) is 11.3 Å². The first-order valence-electron chi connectivity index (χ1n) is 8.17. The maximum Gasteiger partial charge on any atom is 0.266 e. The molecule has 0 unspecified atom stereocenters. The van der Waals surface area contributed by atoms with Crippen molar-refractivity contribution in [3.63, 3.8) is 0 Å². The van der Waals surface area contributed by atoms with Crippen LogP contribution in [-0.4, -0.2) is 57.2 Å². The Hall–Kier alpha value is -1.25. The van der Waals surface area contributed by atoms with Gasteiger partial charge >= 0.3 is 0 Å². The van der Waals surface area contributed by atoms with Crippen LogP contribution in [0, 0.1) is 6.92 Å². The highest BCUT2D eigenvalue weighted by Gasteiger charge is 2.54. The van der Waals surface area contributed by atoms with Gasteiger partial charge in [0.2, 0.25) is 0 Å². The van der Waals surface area contributed by atoms with Crippen molar-refractivity contribution >= 4 is 29.0 Å². The quantitative estimate of drug-likeness (QED) is 0.474. The summed E-state index contributed by atoms with van der Waals surface area (Å²) < 4.78 is 19.8. The van der Waals surface area contributed by atoms with Crippen molar-refractivity contribution in [3.05, 3.63) is 47.3 Å². The van der Waals surface area contributed by atoms with Crippen LogP contribution in [0.4, 0.5) is 5.69 Å². The predicted octanol–water partition coefficient (Wildman–Crippen LogP) is 0.872. The third-order valence-corrected chi connectivity index (χ3v) is 8.64. The molecule has 2 aromatic rings. The second-order valence-electron chi connectivity index (χ2n) is 6.30. The van der Waals surface area contributed by atoms with Crippen molar-refractivity contribution in [2.75, 3.05) is 11.9 Å². The van der Waals surface area contributed by atoms with Crippen LogP contribution in [0.1, 0.15) is 5.56 Å². The molecular formula is C17H22NO6PS. The van der Waals surface area contributed by atoms with Crippen molar-refractivity contribution < 1.29 is 29.5 Å². The number of thiophene rings is 1. The molecule has 1 aromatic carbocycles. The molecular weight excluding hydrogens is 377 g/mol. The Labute approximate surface area is 155 Å². The summed E-state index contributed by atoms with van der Waals surface area (Å²) in [5.74, 6) is -1.10. The highest BCUT2D eigenvalue weighted by molar-refractivity contribution is 7.73. The lowest BCUT2D eigenvalue weighted by Crippen LogP contribution is -2.58. The highest BCUT2D eigenvalue weighted by atomic mass is 32.1. The Morgan fingerprint density at radius 3 is 2.50 bits per heavy atom. The molecule has 142 valence electrons. The molecule has 0 aliphatic carbocycles. The topological polar surface area (TPSA) is 119 Å². The number of rotatable bonds is 5. The summed E-state index contributed by atoms with van der Waals surface area (Å²) in [6.45, 7) is 1.25. The zero-order valence-corrected chi connectivity index (χ0v) is 15.8. The fraction of sp³-hybridized carbons (Fsp3) is 0.412. The summed E-state index contributed by atoms with van der Waals surface area (Å²) in [5.41, 5.74) is 1.66. The van der Waals surface area contributed by atoms with Crippen LogP contribution >= 0.6 is 18.7 Å². The number of hydrogen-bond acceptors (Lipinski definition) is 8. The molecule has 6 atom stereocenters. The van der Waals surface area contributed by atoms with Gasteiger partial charge in [0.15, 0.2) is 0 Å². The first kappa shape index (κ1) is 19.5. The third-order valence-electron chi connectivity index (χ3n) is 4.40. The number of nitrogens with one attached hydrogen (secondary N) is 1. The molecule has 0 radical (unpaired) electrons. The molecule has 9 heteroatoms. The minimum Gasteiger partial charge on any atom is -0.394 e. The maximum absolute atomic E-state index is 13.7. The maximum atomic E-state index is 13.7. The van der Waals surface area contributed by atoms with Gasteiger partial charge in [-0.05, 0) is 30.5 Å². The monoisotopic (exact) mass is 399 g/mol. The second kappa shape index (κ2) is 7.78. The van der Waals surface area contributed by atoms with E-state index in [1.807, 2.05) is 19.1 Å². The number of anilines is 1. The van der Waals surface area contributed by atoms with E-state index in [0.717, 1.165) is 5.56 Å². The lowest BCUT2D eigenvalue weighted by molar-refractivity contribution is -0.115. The zero-order valence-electron chi connectivity index (χ0n) is 14.1. The molecule has 7 nitrogen and oxygen atoms in total. The van der Waals surface area contributed by atoms with E-state index in [1.54, 1.807) is 29.6 Å². The minimum atomic E-state index is -3.70. The molecule has 0 bridgehead atoms. The van der Waals surface area contributed by atoms with Crippen LogP contribution in [0.25, 0.3) is 0 Å². The fourth-order valence-electron chi connectivity index (χ4n) is 2.92. The lowest BCUT2D eigenvalue weighted by Gasteiger charge is -2.43. The minimum absolute atomic E-state index is 0.406. The van der Waals surface area contributed by atoms with Crippen LogP contribution in [0.2, 0.25) is 0 Å². The Kier molecular flexibility index (Phi) is 5.84. The number of benzene rings is 1. The molecule has 5 N–H and O–H groups in total. The van der Waals surface area contributed by atoms with Crippen LogP contribution in [0.15, 0.2) is 41.8 Å². The largest absolute Gasteiger partial charge is 0.394 e. The van der Waals surface area contributed by atoms with E-state index in [4.69, 9.17) is 4.52 Å². The molecule has 1 aliphatic heterocycles. The highest BCUT2D eigenvalue weighted by Crippen LogP contribution is 2.58. The van der Waals surface area contributed by atoms with E-state index in [-0.39, 0.29) is 0 Å². The van der Waals surface area contributed by atoms with Gasteiger partial charge in [0.1, 0.15) is 30.2 Å². The zero-order chi connectivity index (χ0) is 18.9. The number of aliphatic hydroxyl groups excluding tert-OH is 4. The molecule has 0 amide bonds. The Balaban J connectivity index is 1.99. The van der Waals surface area contributed by atoms with Crippen LogP contribution in [0.5, 0.6) is 0 Å². The summed E-state index contributed by atoms with van der Waals surface area (Å²) in [5, 5.41) is 44.9. The standard InChI is InChI=1S/C17H22NO6PS/c1-10-4-6-11(7-5-10)18-17-15(22)14(21)16(12(20)9-19)24-25(17,23)13-3-2-8-26-13/h2-8,12,14-22H,9H2,1H3/t12-,14-,15+,16-,17-,25+/m1/s1. The summed E-state index contributed by atoms with van der Waals surface area (Å²) >= 11 is 1.20. The molecule has 1 fully saturated rings. The Morgan fingerprint density at radius 2 is 1.92 bits per heavy atom. The number of aryl methyl sites for hydroxylation is 1. The first-order valence-corrected chi connectivity index (χ1v) is 10.7. The van der Waals surface area contributed by atoms with E-state index in [9.17, 15) is 25.0 Å². The SMILES string of the molecule is Cc1ccc(N[C@H]2[C@@H](O)[C@@H](O)[C@@H]([C@H](O)CO)O[P@@]2(=O)c2cccs2)cc1. The summed E-state index contributed by atoms with van der Waals surface area (Å²) in [7, 11) is -3.70. The Morgan fingerprint density at radius 1 is 1.23 bits per heavy atom. The van der Waals surface area contributed by atoms with Gasteiger partial charge in [0.25, 0.3) is 7.37 Å². The van der Waals surface area contributed by atoms with E-state index < -0.39 is 44.2 Å². The molecule has 2 heterocycles. The fourth-order valence-corrected chi connectivity index (χ4v) is 6.94. The third kappa shape index (κ3) is 3.59. The summed E-state index contributed by atoms with van der Waals surface area (Å²) in [6, 6.07) is 10.6. The van der Waals surface area contributed by atoms with Crippen molar-refractivity contribution in [1.29, 1.82) is 0 Å². The summed E-state index contributed by atoms with van der Waals surface area (Å²) in [4.78, 5) is 0. The van der Waals surface area contributed by atoms with Crippen molar-refractivity contribution in [3.8, 4) is 0 Å². The number of hydrogen-bond donors (Lipinski definition) is 5. The van der Waals surface area contributed by atoms with Crippen molar-refractivity contribution in [2.24, 2.45) is 0 Å². The van der Waals surface area contributed by atoms with Crippen molar-refractivity contribution in [1.82, 2.24) is 0 Å². The van der Waals surface area contributed by atoms with Gasteiger partial charge in [-0.2, -0.15) is 0 Å². The number of aliphatic hydroxyl groups is 4. The average Bonchev–Trinajstić information content (AvgIpc) is 3.18. The van der Waals surface area contributed by atoms with Gasteiger partial charge in [0.05, 0.1) is 11.2 Å². The molecule has 3 rings (SSSR count). The first-order chi connectivity index (χ1) is 12.4. The van der Waals surface area contributed by atoms with E-state index in [1.165, 1.54) is 11.3 Å². The Bertz CT molecular complexity index is 768. The van der Waals surface area contributed by atoms with Gasteiger partial charge in [-0.3, -0.25) is 4.57 Å². The molecule has 1 aromatic heterocycles.